The highest BCUT2D eigenvalue weighted by Crippen LogP contribution is 2.11. The van der Waals surface area contributed by atoms with Gasteiger partial charge in [-0.05, 0) is 12.1 Å². The summed E-state index contributed by atoms with van der Waals surface area (Å²) in [6, 6.07) is 8.49. The number of carbonyl (C=O) groups excluding carboxylic acids is 2. The first kappa shape index (κ1) is 9.39. The van der Waals surface area contributed by atoms with Gasteiger partial charge < -0.3 is 5.73 Å². The summed E-state index contributed by atoms with van der Waals surface area (Å²) in [6.07, 6.45) is 0.0125. The monoisotopic (exact) mass is 203 g/mol. The van der Waals surface area contributed by atoms with E-state index in [4.69, 9.17) is 5.73 Å². The normalized spacial score (nSPS) is 15.3. The van der Waals surface area contributed by atoms with Gasteiger partial charge in [0.2, 0.25) is 0 Å². The molecular weight excluding hydrogens is 194 g/mol. The van der Waals surface area contributed by atoms with Crippen LogP contribution in [0.5, 0.6) is 0 Å². The zero-order valence-electron chi connectivity index (χ0n) is 7.88. The van der Waals surface area contributed by atoms with Crippen molar-refractivity contribution in [2.45, 2.75) is 6.42 Å². The molecular formula is C10H9N3O2. The molecule has 0 unspecified atom stereocenters. The summed E-state index contributed by atoms with van der Waals surface area (Å²) in [7, 11) is 0. The molecule has 1 aromatic rings. The number of amides is 2. The third-order valence-corrected chi connectivity index (χ3v) is 2.01. The van der Waals surface area contributed by atoms with Gasteiger partial charge in [0.25, 0.3) is 11.8 Å². The number of amidine groups is 1. The van der Waals surface area contributed by atoms with Crippen LogP contribution in [0.1, 0.15) is 16.8 Å². The van der Waals surface area contributed by atoms with E-state index in [1.165, 1.54) is 0 Å². The minimum Gasteiger partial charge on any atom is -0.385 e. The summed E-state index contributed by atoms with van der Waals surface area (Å²) in [5, 5.41) is 4.48. The van der Waals surface area contributed by atoms with Crippen molar-refractivity contribution in [2.24, 2.45) is 10.8 Å². The lowest BCUT2D eigenvalue weighted by atomic mass is 10.2. The highest BCUT2D eigenvalue weighted by atomic mass is 16.2. The Labute approximate surface area is 86.2 Å². The zero-order valence-corrected chi connectivity index (χ0v) is 7.88. The van der Waals surface area contributed by atoms with Gasteiger partial charge in [-0.25, -0.2) is 0 Å². The molecule has 76 valence electrons. The molecule has 0 bridgehead atoms. The number of nitrogens with two attached hydrogens (primary N) is 1. The van der Waals surface area contributed by atoms with E-state index in [1.807, 2.05) is 0 Å². The summed E-state index contributed by atoms with van der Waals surface area (Å²) >= 11 is 0. The maximum absolute atomic E-state index is 11.7. The van der Waals surface area contributed by atoms with Crippen LogP contribution in [0.25, 0.3) is 0 Å². The van der Waals surface area contributed by atoms with Crippen LogP contribution in [0.3, 0.4) is 0 Å². The van der Waals surface area contributed by atoms with Crippen molar-refractivity contribution >= 4 is 17.6 Å². The van der Waals surface area contributed by atoms with Crippen molar-refractivity contribution in [1.82, 2.24) is 5.01 Å². The Hall–Kier alpha value is -2.17. The molecule has 1 aliphatic heterocycles. The molecule has 2 rings (SSSR count). The lowest BCUT2D eigenvalue weighted by Gasteiger charge is -2.08. The summed E-state index contributed by atoms with van der Waals surface area (Å²) in [6.45, 7) is 0. The molecule has 15 heavy (non-hydrogen) atoms. The van der Waals surface area contributed by atoms with Crippen LogP contribution >= 0.6 is 0 Å². The van der Waals surface area contributed by atoms with Gasteiger partial charge in [0, 0.05) is 5.56 Å². The van der Waals surface area contributed by atoms with E-state index < -0.39 is 5.91 Å². The number of hydrazone groups is 1. The molecule has 1 aliphatic rings. The first-order valence-electron chi connectivity index (χ1n) is 4.44. The van der Waals surface area contributed by atoms with Gasteiger partial charge in [-0.1, -0.05) is 18.2 Å². The van der Waals surface area contributed by atoms with Crippen molar-refractivity contribution in [3.05, 3.63) is 35.9 Å². The average molecular weight is 203 g/mol. The van der Waals surface area contributed by atoms with Crippen LogP contribution in [0.2, 0.25) is 0 Å². The molecule has 0 spiro atoms. The van der Waals surface area contributed by atoms with E-state index in [0.717, 1.165) is 5.01 Å². The Morgan fingerprint density at radius 2 is 2.00 bits per heavy atom. The molecule has 1 heterocycles. The number of benzene rings is 1. The van der Waals surface area contributed by atoms with Crippen LogP contribution < -0.4 is 5.73 Å². The highest BCUT2D eigenvalue weighted by molar-refractivity contribution is 6.13. The largest absolute Gasteiger partial charge is 0.385 e. The molecule has 1 aromatic carbocycles. The van der Waals surface area contributed by atoms with Crippen molar-refractivity contribution in [2.75, 3.05) is 0 Å². The SMILES string of the molecule is NC1=NN(C(=O)c2ccccc2)C(=O)C1. The second-order valence-electron chi connectivity index (χ2n) is 3.14. The number of carbonyl (C=O) groups is 2. The second-order valence-corrected chi connectivity index (χ2v) is 3.14. The van der Waals surface area contributed by atoms with Gasteiger partial charge >= 0.3 is 0 Å². The van der Waals surface area contributed by atoms with E-state index in [0.29, 0.717) is 5.56 Å². The minimum absolute atomic E-state index is 0.0125. The molecule has 0 radical (unpaired) electrons. The van der Waals surface area contributed by atoms with Gasteiger partial charge in [0.1, 0.15) is 5.84 Å². The first-order chi connectivity index (χ1) is 7.18. The maximum atomic E-state index is 11.7. The molecule has 2 N–H and O–H groups in total. The van der Waals surface area contributed by atoms with E-state index >= 15 is 0 Å². The third-order valence-electron chi connectivity index (χ3n) is 2.01. The van der Waals surface area contributed by atoms with Crippen molar-refractivity contribution in [3.8, 4) is 0 Å². The predicted molar refractivity (Wildman–Crippen MR) is 53.9 cm³/mol. The molecule has 0 fully saturated rings. The summed E-state index contributed by atoms with van der Waals surface area (Å²) in [5.74, 6) is -0.660. The molecule has 0 saturated carbocycles. The van der Waals surface area contributed by atoms with Crippen molar-refractivity contribution < 1.29 is 9.59 Å². The van der Waals surface area contributed by atoms with Gasteiger partial charge in [-0.2, -0.15) is 5.01 Å². The number of nitrogens with zero attached hydrogens (tertiary/aromatic N) is 2. The Kier molecular flexibility index (Phi) is 2.21. The van der Waals surface area contributed by atoms with E-state index in [9.17, 15) is 9.59 Å². The van der Waals surface area contributed by atoms with Crippen LogP contribution in [0.4, 0.5) is 0 Å². The number of hydrogen-bond acceptors (Lipinski definition) is 4. The Bertz CT molecular complexity index is 439. The van der Waals surface area contributed by atoms with Gasteiger partial charge in [0.05, 0.1) is 6.42 Å². The fourth-order valence-electron chi connectivity index (χ4n) is 1.31. The number of rotatable bonds is 1. The van der Waals surface area contributed by atoms with E-state index in [-0.39, 0.29) is 18.2 Å². The van der Waals surface area contributed by atoms with E-state index in [1.54, 1.807) is 30.3 Å². The summed E-state index contributed by atoms with van der Waals surface area (Å²) < 4.78 is 0. The molecule has 0 aliphatic carbocycles. The second kappa shape index (κ2) is 3.53. The smallest absolute Gasteiger partial charge is 0.281 e. The minimum atomic E-state index is -0.443. The summed E-state index contributed by atoms with van der Waals surface area (Å²) in [4.78, 5) is 23.1. The molecule has 0 aromatic heterocycles. The fourth-order valence-corrected chi connectivity index (χ4v) is 1.31. The standard InChI is InChI=1S/C10H9N3O2/c11-8-6-9(14)13(12-8)10(15)7-4-2-1-3-5-7/h1-5H,6H2,(H2,11,12). The lowest BCUT2D eigenvalue weighted by Crippen LogP contribution is -2.28. The molecule has 0 saturated heterocycles. The number of hydrogen-bond donors (Lipinski definition) is 1. The predicted octanol–water partition coefficient (Wildman–Crippen LogP) is 0.331. The number of imide groups is 1. The average Bonchev–Trinajstić information content (AvgIpc) is 2.58. The Morgan fingerprint density at radius 1 is 1.33 bits per heavy atom. The van der Waals surface area contributed by atoms with Crippen LogP contribution in [-0.4, -0.2) is 22.7 Å². The molecule has 5 heteroatoms. The highest BCUT2D eigenvalue weighted by Gasteiger charge is 2.28. The summed E-state index contributed by atoms with van der Waals surface area (Å²) in [5.41, 5.74) is 5.79. The van der Waals surface area contributed by atoms with Gasteiger partial charge in [-0.15, -0.1) is 5.10 Å². The molecule has 2 amide bonds. The van der Waals surface area contributed by atoms with Crippen LogP contribution in [0.15, 0.2) is 35.4 Å². The van der Waals surface area contributed by atoms with Crippen LogP contribution in [-0.2, 0) is 4.79 Å². The molecule has 0 atom stereocenters. The Morgan fingerprint density at radius 3 is 2.53 bits per heavy atom. The topological polar surface area (TPSA) is 75.8 Å². The van der Waals surface area contributed by atoms with Gasteiger partial charge in [0.15, 0.2) is 0 Å². The third kappa shape index (κ3) is 1.71. The fraction of sp³-hybridized carbons (Fsp3) is 0.100. The molecule has 5 nitrogen and oxygen atoms in total. The van der Waals surface area contributed by atoms with Crippen LogP contribution in [0, 0.1) is 0 Å². The van der Waals surface area contributed by atoms with Gasteiger partial charge in [-0.3, -0.25) is 9.59 Å². The quantitative estimate of drug-likeness (QED) is 0.668. The van der Waals surface area contributed by atoms with E-state index in [2.05, 4.69) is 5.10 Å². The Balaban J connectivity index is 2.26. The first-order valence-corrected chi connectivity index (χ1v) is 4.44. The lowest BCUT2D eigenvalue weighted by molar-refractivity contribution is -0.126. The van der Waals surface area contributed by atoms with Crippen molar-refractivity contribution in [3.63, 3.8) is 0 Å². The maximum Gasteiger partial charge on any atom is 0.281 e. The van der Waals surface area contributed by atoms with Crippen molar-refractivity contribution in [1.29, 1.82) is 0 Å². The zero-order chi connectivity index (χ0) is 10.8.